The Morgan fingerprint density at radius 3 is 2.74 bits per heavy atom. The number of methoxy groups -OCH3 is 1. The second-order valence-electron chi connectivity index (χ2n) is 5.00. The van der Waals surface area contributed by atoms with Gasteiger partial charge >= 0.3 is 5.63 Å². The number of aryl methyl sites for hydroxylation is 1. The quantitative estimate of drug-likeness (QED) is 0.746. The molecule has 7 nitrogen and oxygen atoms in total. The zero-order chi connectivity index (χ0) is 17.0. The predicted octanol–water partition coefficient (Wildman–Crippen LogP) is -0.0913. The Kier molecular flexibility index (Phi) is 5.00. The summed E-state index contributed by atoms with van der Waals surface area (Å²) < 4.78 is 10.4. The maximum absolute atomic E-state index is 12.1. The molecule has 122 valence electrons. The summed E-state index contributed by atoms with van der Waals surface area (Å²) in [5.41, 5.74) is 1.02. The molecule has 0 aliphatic heterocycles. The molecule has 7 heteroatoms. The van der Waals surface area contributed by atoms with Gasteiger partial charge in [-0.25, -0.2) is 4.79 Å². The van der Waals surface area contributed by atoms with E-state index >= 15 is 0 Å². The van der Waals surface area contributed by atoms with E-state index in [2.05, 4.69) is 5.32 Å². The van der Waals surface area contributed by atoms with Gasteiger partial charge in [-0.15, -0.1) is 0 Å². The molecule has 1 aromatic carbocycles. The van der Waals surface area contributed by atoms with Crippen LogP contribution >= 0.6 is 0 Å². The Morgan fingerprint density at radius 1 is 1.35 bits per heavy atom. The van der Waals surface area contributed by atoms with Crippen LogP contribution in [0.15, 0.2) is 27.4 Å². The van der Waals surface area contributed by atoms with Gasteiger partial charge in [0.15, 0.2) is 0 Å². The van der Waals surface area contributed by atoms with E-state index in [1.54, 1.807) is 25.1 Å². The molecule has 1 amide bonds. The molecule has 1 N–H and O–H groups in total. The first-order chi connectivity index (χ1) is 10.9. The summed E-state index contributed by atoms with van der Waals surface area (Å²) in [6.45, 7) is 1.23. The molecule has 0 bridgehead atoms. The molecule has 23 heavy (non-hydrogen) atoms. The van der Waals surface area contributed by atoms with Crippen LogP contribution in [0.3, 0.4) is 0 Å². The summed E-state index contributed by atoms with van der Waals surface area (Å²) in [6, 6.07) is 5.16. The van der Waals surface area contributed by atoms with Gasteiger partial charge in [0.1, 0.15) is 11.3 Å². The van der Waals surface area contributed by atoms with Crippen LogP contribution in [0.25, 0.3) is 11.0 Å². The molecule has 0 saturated heterocycles. The minimum atomic E-state index is -1.37. The summed E-state index contributed by atoms with van der Waals surface area (Å²) in [5, 5.41) is 13.2. The molecule has 2 rings (SSSR count). The van der Waals surface area contributed by atoms with Gasteiger partial charge in [0.25, 0.3) is 0 Å². The summed E-state index contributed by atoms with van der Waals surface area (Å²) in [7, 11) is 1.52. The molecular weight excluding hydrogens is 302 g/mol. The number of carboxylic acid groups (broad SMARTS) is 1. The van der Waals surface area contributed by atoms with Crippen LogP contribution in [0.2, 0.25) is 0 Å². The lowest BCUT2D eigenvalue weighted by Crippen LogP contribution is -2.37. The Morgan fingerprint density at radius 2 is 2.09 bits per heavy atom. The van der Waals surface area contributed by atoms with Gasteiger partial charge < -0.3 is 24.4 Å². The van der Waals surface area contributed by atoms with Crippen LogP contribution in [0.1, 0.15) is 17.5 Å². The fraction of sp³-hybridized carbons (Fsp3) is 0.312. The summed E-state index contributed by atoms with van der Waals surface area (Å²) >= 11 is 0. The number of carboxylic acids is 1. The van der Waals surface area contributed by atoms with E-state index in [1.165, 1.54) is 7.11 Å². The van der Waals surface area contributed by atoms with Crippen LogP contribution in [0.5, 0.6) is 5.75 Å². The van der Waals surface area contributed by atoms with Gasteiger partial charge in [0.05, 0.1) is 19.6 Å². The maximum atomic E-state index is 12.1. The highest BCUT2D eigenvalue weighted by atomic mass is 16.5. The highest BCUT2D eigenvalue weighted by Gasteiger charge is 2.13. The lowest BCUT2D eigenvalue weighted by molar-refractivity contribution is -0.304. The monoisotopic (exact) mass is 318 g/mol. The third-order valence-electron chi connectivity index (χ3n) is 3.53. The van der Waals surface area contributed by atoms with Crippen molar-refractivity contribution in [1.82, 2.24) is 5.32 Å². The molecule has 0 saturated carbocycles. The van der Waals surface area contributed by atoms with Crippen molar-refractivity contribution in [1.29, 1.82) is 0 Å². The Balaban J connectivity index is 2.22. The van der Waals surface area contributed by atoms with E-state index in [9.17, 15) is 19.5 Å². The van der Waals surface area contributed by atoms with E-state index in [0.29, 0.717) is 16.9 Å². The summed E-state index contributed by atoms with van der Waals surface area (Å²) in [6.07, 6.45) is 0.148. The zero-order valence-corrected chi connectivity index (χ0v) is 12.8. The van der Waals surface area contributed by atoms with Gasteiger partial charge in [-0.3, -0.25) is 4.79 Å². The van der Waals surface area contributed by atoms with E-state index in [-0.39, 0.29) is 12.8 Å². The maximum Gasteiger partial charge on any atom is 0.339 e. The van der Waals surface area contributed by atoms with Crippen LogP contribution in [-0.4, -0.2) is 25.5 Å². The van der Waals surface area contributed by atoms with E-state index in [0.717, 1.165) is 10.9 Å². The molecule has 0 radical (unpaired) electrons. The fourth-order valence-corrected chi connectivity index (χ4v) is 2.29. The van der Waals surface area contributed by atoms with Crippen molar-refractivity contribution < 1.29 is 23.8 Å². The van der Waals surface area contributed by atoms with Gasteiger partial charge in [-0.05, 0) is 31.0 Å². The van der Waals surface area contributed by atoms with Crippen LogP contribution in [0, 0.1) is 6.92 Å². The van der Waals surface area contributed by atoms with E-state index < -0.39 is 24.0 Å². The molecule has 0 atom stereocenters. The zero-order valence-electron chi connectivity index (χ0n) is 12.8. The first-order valence-electron chi connectivity index (χ1n) is 6.99. The normalized spacial score (nSPS) is 10.5. The molecular formula is C16H16NO6-. The second kappa shape index (κ2) is 6.95. The van der Waals surface area contributed by atoms with Crippen molar-refractivity contribution in [3.63, 3.8) is 0 Å². The predicted molar refractivity (Wildman–Crippen MR) is 80.1 cm³/mol. The number of hydrogen-bond donors (Lipinski definition) is 1. The summed E-state index contributed by atoms with van der Waals surface area (Å²) in [5.74, 6) is -1.26. The lowest BCUT2D eigenvalue weighted by atomic mass is 10.0. The Hall–Kier alpha value is -2.83. The topological polar surface area (TPSA) is 109 Å². The van der Waals surface area contributed by atoms with E-state index in [4.69, 9.17) is 9.15 Å². The third kappa shape index (κ3) is 3.88. The molecule has 2 aromatic rings. The molecule has 0 spiro atoms. The minimum Gasteiger partial charge on any atom is -0.548 e. The van der Waals surface area contributed by atoms with Crippen molar-refractivity contribution in [2.75, 3.05) is 13.7 Å². The Labute approximate surface area is 131 Å². The van der Waals surface area contributed by atoms with Crippen LogP contribution < -0.4 is 20.8 Å². The number of carbonyl (C=O) groups is 2. The number of ether oxygens (including phenoxy) is 1. The number of aliphatic carboxylic acids is 1. The number of hydrogen-bond acceptors (Lipinski definition) is 6. The molecule has 0 aliphatic carbocycles. The first kappa shape index (κ1) is 16.5. The molecule has 1 aromatic heterocycles. The molecule has 1 heterocycles. The lowest BCUT2D eigenvalue weighted by Gasteiger charge is -2.09. The average Bonchev–Trinajstić information content (AvgIpc) is 2.52. The van der Waals surface area contributed by atoms with Gasteiger partial charge in [-0.1, -0.05) is 0 Å². The van der Waals surface area contributed by atoms with Gasteiger partial charge in [0, 0.05) is 23.4 Å². The number of carbonyl (C=O) groups excluding carboxylic acids is 2. The third-order valence-corrected chi connectivity index (χ3v) is 3.53. The van der Waals surface area contributed by atoms with Gasteiger partial charge in [-0.2, -0.15) is 0 Å². The molecule has 0 fully saturated rings. The Bertz CT molecular complexity index is 808. The second-order valence-corrected chi connectivity index (χ2v) is 5.00. The van der Waals surface area contributed by atoms with Gasteiger partial charge in [0.2, 0.25) is 5.91 Å². The number of rotatable bonds is 6. The minimum absolute atomic E-state index is 0.0134. The van der Waals surface area contributed by atoms with Crippen molar-refractivity contribution in [3.8, 4) is 5.75 Å². The van der Waals surface area contributed by atoms with Crippen molar-refractivity contribution in [3.05, 3.63) is 39.7 Å². The van der Waals surface area contributed by atoms with E-state index in [1.807, 2.05) is 0 Å². The number of fused-ring (bicyclic) bond motifs is 1. The largest absolute Gasteiger partial charge is 0.548 e. The van der Waals surface area contributed by atoms with Crippen molar-refractivity contribution in [2.45, 2.75) is 19.8 Å². The standard InChI is InChI=1S/C16H17NO6/c1-9-11-4-3-10(22-2)7-13(11)23-16(21)12(9)5-6-14(18)17-8-15(19)20/h3-4,7H,5-6,8H2,1-2H3,(H,17,18)(H,19,20)/p-1. The fourth-order valence-electron chi connectivity index (χ4n) is 2.29. The van der Waals surface area contributed by atoms with Crippen molar-refractivity contribution >= 4 is 22.8 Å². The number of amides is 1. The number of benzene rings is 1. The SMILES string of the molecule is COc1ccc2c(C)c(CCC(=O)NCC(=O)[O-])c(=O)oc2c1. The average molecular weight is 318 g/mol. The number of nitrogens with one attached hydrogen (secondary N) is 1. The highest BCUT2D eigenvalue weighted by molar-refractivity contribution is 5.83. The summed E-state index contributed by atoms with van der Waals surface area (Å²) in [4.78, 5) is 33.9. The van der Waals surface area contributed by atoms with Crippen LogP contribution in [-0.2, 0) is 16.0 Å². The smallest absolute Gasteiger partial charge is 0.339 e. The van der Waals surface area contributed by atoms with Crippen LogP contribution in [0.4, 0.5) is 0 Å². The molecule has 0 unspecified atom stereocenters. The molecule has 0 aliphatic rings. The van der Waals surface area contributed by atoms with Crippen molar-refractivity contribution in [2.24, 2.45) is 0 Å². The first-order valence-corrected chi connectivity index (χ1v) is 6.99. The highest BCUT2D eigenvalue weighted by Crippen LogP contribution is 2.24.